The van der Waals surface area contributed by atoms with Gasteiger partial charge in [-0.3, -0.25) is 14.3 Å². The van der Waals surface area contributed by atoms with Gasteiger partial charge < -0.3 is 15.1 Å². The van der Waals surface area contributed by atoms with Crippen molar-refractivity contribution in [3.05, 3.63) is 81.0 Å². The summed E-state index contributed by atoms with van der Waals surface area (Å²) in [5.41, 5.74) is 4.52. The third-order valence-electron chi connectivity index (χ3n) is 6.76. The molecule has 4 heterocycles. The summed E-state index contributed by atoms with van der Waals surface area (Å²) in [4.78, 5) is 32.0. The predicted molar refractivity (Wildman–Crippen MR) is 158 cm³/mol. The first-order chi connectivity index (χ1) is 18.8. The van der Waals surface area contributed by atoms with Crippen LogP contribution in [0.1, 0.15) is 30.7 Å². The summed E-state index contributed by atoms with van der Waals surface area (Å²) in [7, 11) is 2.16. The predicted octanol–water partition coefficient (Wildman–Crippen LogP) is 4.70. The smallest absolute Gasteiger partial charge is 0.268 e. The molecule has 0 bridgehead atoms. The monoisotopic (exact) mass is 541 g/mol. The summed E-state index contributed by atoms with van der Waals surface area (Å²) in [5, 5.41) is 4.51. The Bertz CT molecular complexity index is 1630. The lowest BCUT2D eigenvalue weighted by atomic mass is 10.1. The van der Waals surface area contributed by atoms with Crippen molar-refractivity contribution in [1.82, 2.24) is 24.4 Å². The molecule has 3 aromatic heterocycles. The van der Waals surface area contributed by atoms with Crippen molar-refractivity contribution in [1.29, 1.82) is 0 Å². The van der Waals surface area contributed by atoms with Gasteiger partial charge in [-0.05, 0) is 55.9 Å². The number of halogens is 1. The number of benzene rings is 1. The number of rotatable bonds is 5. The zero-order valence-electron chi connectivity index (χ0n) is 22.7. The number of aryl methyl sites for hydroxylation is 1. The second-order valence-electron chi connectivity index (χ2n) is 10.2. The lowest BCUT2D eigenvalue weighted by Gasteiger charge is -2.35. The van der Waals surface area contributed by atoms with Crippen LogP contribution in [0.4, 0.5) is 17.3 Å². The lowest BCUT2D eigenvalue weighted by molar-refractivity contribution is 0.312. The minimum atomic E-state index is -0.241. The molecule has 1 N–H and O–H groups in total. The van der Waals surface area contributed by atoms with Crippen LogP contribution in [-0.2, 0) is 6.54 Å². The summed E-state index contributed by atoms with van der Waals surface area (Å²) in [5.74, 6) is 6.64. The number of anilines is 3. The Morgan fingerprint density at radius 2 is 1.90 bits per heavy atom. The highest BCUT2D eigenvalue weighted by molar-refractivity contribution is 6.31. The Labute approximate surface area is 233 Å². The number of hydrogen-bond acceptors (Lipinski definition) is 7. The number of piperazine rings is 1. The van der Waals surface area contributed by atoms with Crippen molar-refractivity contribution in [2.75, 3.05) is 43.4 Å². The fraction of sp³-hybridized carbons (Fsp3) is 0.333. The molecule has 1 aromatic carbocycles. The Kier molecular flexibility index (Phi) is 7.82. The fourth-order valence-electron chi connectivity index (χ4n) is 4.63. The van der Waals surface area contributed by atoms with E-state index in [0.717, 1.165) is 31.9 Å². The Morgan fingerprint density at radius 1 is 1.10 bits per heavy atom. The van der Waals surface area contributed by atoms with E-state index in [1.165, 1.54) is 11.3 Å². The van der Waals surface area contributed by atoms with Crippen LogP contribution in [0.3, 0.4) is 0 Å². The first-order valence-corrected chi connectivity index (χ1v) is 13.5. The SMILES string of the molecule is Cc1cc(Nc2ncc3cc(C#CC(C)C)c(=O)n(Cc4ncccc4Cl)c3n2)ccc1N1CCN(C)CC1. The van der Waals surface area contributed by atoms with Crippen LogP contribution < -0.4 is 15.8 Å². The number of likely N-dealkylation sites (N-methyl/N-ethyl adjacent to an activating group) is 1. The minimum Gasteiger partial charge on any atom is -0.369 e. The molecule has 200 valence electrons. The van der Waals surface area contributed by atoms with Gasteiger partial charge in [0, 0.05) is 61.3 Å². The molecule has 1 aliphatic rings. The maximum Gasteiger partial charge on any atom is 0.268 e. The third kappa shape index (κ3) is 6.06. The van der Waals surface area contributed by atoms with Crippen LogP contribution in [0.15, 0.2) is 53.6 Å². The van der Waals surface area contributed by atoms with Crippen LogP contribution in [0.2, 0.25) is 5.02 Å². The van der Waals surface area contributed by atoms with Crippen LogP contribution in [0.25, 0.3) is 11.0 Å². The van der Waals surface area contributed by atoms with Gasteiger partial charge in [0.2, 0.25) is 5.95 Å². The average Bonchev–Trinajstić information content (AvgIpc) is 2.91. The molecule has 0 atom stereocenters. The second kappa shape index (κ2) is 11.4. The van der Waals surface area contributed by atoms with Gasteiger partial charge in [-0.15, -0.1) is 0 Å². The molecule has 0 radical (unpaired) electrons. The molecule has 0 aliphatic carbocycles. The number of pyridine rings is 2. The van der Waals surface area contributed by atoms with E-state index < -0.39 is 0 Å². The molecule has 39 heavy (non-hydrogen) atoms. The van der Waals surface area contributed by atoms with Crippen molar-refractivity contribution in [3.8, 4) is 11.8 Å². The van der Waals surface area contributed by atoms with E-state index in [9.17, 15) is 4.79 Å². The van der Waals surface area contributed by atoms with Gasteiger partial charge in [-0.1, -0.05) is 37.3 Å². The maximum absolute atomic E-state index is 13.5. The van der Waals surface area contributed by atoms with Crippen molar-refractivity contribution in [3.63, 3.8) is 0 Å². The number of nitrogens with one attached hydrogen (secondary N) is 1. The molecule has 1 saturated heterocycles. The third-order valence-corrected chi connectivity index (χ3v) is 7.11. The van der Waals surface area contributed by atoms with Crippen LogP contribution in [0, 0.1) is 24.7 Å². The molecule has 4 aromatic rings. The largest absolute Gasteiger partial charge is 0.369 e. The highest BCUT2D eigenvalue weighted by Crippen LogP contribution is 2.26. The number of hydrogen-bond donors (Lipinski definition) is 1. The zero-order chi connectivity index (χ0) is 27.5. The molecular formula is C30H32ClN7O. The molecule has 0 spiro atoms. The van der Waals surface area contributed by atoms with Crippen LogP contribution >= 0.6 is 11.6 Å². The Balaban J connectivity index is 1.50. The molecule has 0 saturated carbocycles. The average molecular weight is 542 g/mol. The molecule has 9 heteroatoms. The van der Waals surface area contributed by atoms with E-state index >= 15 is 0 Å². The summed E-state index contributed by atoms with van der Waals surface area (Å²) in [6, 6.07) is 11.6. The van der Waals surface area contributed by atoms with Gasteiger partial charge in [0.1, 0.15) is 5.65 Å². The molecule has 1 fully saturated rings. The summed E-state index contributed by atoms with van der Waals surface area (Å²) in [6.45, 7) is 10.4. The Hall–Kier alpha value is -3.93. The van der Waals surface area contributed by atoms with Gasteiger partial charge in [-0.2, -0.15) is 4.98 Å². The molecule has 8 nitrogen and oxygen atoms in total. The van der Waals surface area contributed by atoms with Gasteiger partial charge in [-0.25, -0.2) is 4.98 Å². The van der Waals surface area contributed by atoms with Crippen molar-refractivity contribution in [2.45, 2.75) is 27.3 Å². The minimum absolute atomic E-state index is 0.132. The molecule has 1 aliphatic heterocycles. The first kappa shape index (κ1) is 26.7. The van der Waals surface area contributed by atoms with Crippen molar-refractivity contribution in [2.24, 2.45) is 5.92 Å². The van der Waals surface area contributed by atoms with Crippen LogP contribution in [0.5, 0.6) is 0 Å². The second-order valence-corrected chi connectivity index (χ2v) is 10.6. The van der Waals surface area contributed by atoms with E-state index in [0.29, 0.717) is 33.3 Å². The highest BCUT2D eigenvalue weighted by Gasteiger charge is 2.17. The van der Waals surface area contributed by atoms with E-state index in [1.54, 1.807) is 35.2 Å². The lowest BCUT2D eigenvalue weighted by Crippen LogP contribution is -2.44. The summed E-state index contributed by atoms with van der Waals surface area (Å²) >= 11 is 6.39. The van der Waals surface area contributed by atoms with Gasteiger partial charge in [0.15, 0.2) is 0 Å². The van der Waals surface area contributed by atoms with E-state index in [2.05, 4.69) is 63.0 Å². The van der Waals surface area contributed by atoms with Crippen LogP contribution in [-0.4, -0.2) is 57.6 Å². The van der Waals surface area contributed by atoms with E-state index in [-0.39, 0.29) is 18.0 Å². The number of nitrogens with zero attached hydrogens (tertiary/aromatic N) is 6. The topological polar surface area (TPSA) is 79.2 Å². The van der Waals surface area contributed by atoms with Gasteiger partial charge >= 0.3 is 0 Å². The first-order valence-electron chi connectivity index (χ1n) is 13.1. The van der Waals surface area contributed by atoms with E-state index in [4.69, 9.17) is 16.6 Å². The van der Waals surface area contributed by atoms with Gasteiger partial charge in [0.05, 0.1) is 22.8 Å². The zero-order valence-corrected chi connectivity index (χ0v) is 23.5. The highest BCUT2D eigenvalue weighted by atomic mass is 35.5. The standard InChI is InChI=1S/C30H32ClN7O/c1-20(2)7-8-22-17-23-18-33-30(35-28(23)38(29(22)39)19-26-25(31)6-5-11-32-26)34-24-9-10-27(21(3)16-24)37-14-12-36(4)13-15-37/h5-6,9-11,16-18,20H,12-15,19H2,1-4H3,(H,33,34,35). The number of aromatic nitrogens is 4. The molecule has 0 unspecified atom stereocenters. The van der Waals surface area contributed by atoms with Crippen molar-refractivity contribution < 1.29 is 0 Å². The fourth-order valence-corrected chi connectivity index (χ4v) is 4.81. The molecule has 5 rings (SSSR count). The van der Waals surface area contributed by atoms with E-state index in [1.807, 2.05) is 19.9 Å². The molecule has 0 amide bonds. The quantitative estimate of drug-likeness (QED) is 0.367. The summed E-state index contributed by atoms with van der Waals surface area (Å²) in [6.07, 6.45) is 3.37. The maximum atomic E-state index is 13.5. The molecular weight excluding hydrogens is 510 g/mol. The normalized spacial score (nSPS) is 13.9. The van der Waals surface area contributed by atoms with Crippen molar-refractivity contribution >= 4 is 40.0 Å². The Morgan fingerprint density at radius 3 is 2.62 bits per heavy atom. The van der Waals surface area contributed by atoms with Gasteiger partial charge in [0.25, 0.3) is 5.56 Å². The number of fused-ring (bicyclic) bond motifs is 1. The summed E-state index contributed by atoms with van der Waals surface area (Å²) < 4.78 is 1.57.